The van der Waals surface area contributed by atoms with Crippen molar-refractivity contribution in [2.75, 3.05) is 62.3 Å². The summed E-state index contributed by atoms with van der Waals surface area (Å²) in [4.78, 5) is 28.9. The molecule has 4 rings (SSSR count). The van der Waals surface area contributed by atoms with E-state index >= 15 is 4.39 Å². The van der Waals surface area contributed by atoms with Crippen LogP contribution >= 0.6 is 0 Å². The van der Waals surface area contributed by atoms with Crippen molar-refractivity contribution in [3.05, 3.63) is 24.0 Å². The third kappa shape index (κ3) is 6.60. The van der Waals surface area contributed by atoms with E-state index in [0.717, 1.165) is 0 Å². The Bertz CT molecular complexity index is 977. The first-order valence-electron chi connectivity index (χ1n) is 12.9. The van der Waals surface area contributed by atoms with Crippen molar-refractivity contribution in [1.29, 1.82) is 0 Å². The Morgan fingerprint density at radius 3 is 2.61 bits per heavy atom. The zero-order valence-electron chi connectivity index (χ0n) is 21.4. The Balaban J connectivity index is 1.24. The number of hydrogen-bond donors (Lipinski definition) is 4. The van der Waals surface area contributed by atoms with Gasteiger partial charge in [-0.05, 0) is 31.5 Å². The highest BCUT2D eigenvalue weighted by molar-refractivity contribution is 5.90. The maximum atomic E-state index is 15.0. The van der Waals surface area contributed by atoms with Crippen molar-refractivity contribution >= 4 is 23.3 Å². The van der Waals surface area contributed by atoms with Gasteiger partial charge in [0.25, 0.3) is 0 Å². The van der Waals surface area contributed by atoms with Gasteiger partial charge in [0.2, 0.25) is 0 Å². The van der Waals surface area contributed by atoms with Gasteiger partial charge in [-0.1, -0.05) is 0 Å². The standard InChI is InChI=1S/C25H37FN4O8/c1-15(32)2-4-17-13-30(25(35)37-17)16-3-5-19(18(26)12-16)29-8-6-28(7-9-29)10-11-36-24-21(27)23(34)22(33)20(14-31)38-24/h3,5,12,17,20-24,31,33-34H,2,4,6-11,13-14,27H2,1H3/t17-,20?,21?,22?,23?,24?/m0/s1. The van der Waals surface area contributed by atoms with Crippen molar-refractivity contribution in [2.45, 2.75) is 56.5 Å². The fourth-order valence-electron chi connectivity index (χ4n) is 4.93. The van der Waals surface area contributed by atoms with Crippen LogP contribution in [-0.4, -0.2) is 121 Å². The quantitative estimate of drug-likeness (QED) is 0.301. The number of cyclic esters (lactones) is 1. The zero-order chi connectivity index (χ0) is 27.4. The topological polar surface area (TPSA) is 158 Å². The molecule has 0 spiro atoms. The van der Waals surface area contributed by atoms with Gasteiger partial charge in [0.1, 0.15) is 36.0 Å². The summed E-state index contributed by atoms with van der Waals surface area (Å²) in [5.74, 6) is -0.399. The number of amides is 1. The van der Waals surface area contributed by atoms with Crippen LogP contribution in [0.5, 0.6) is 0 Å². The predicted octanol–water partition coefficient (Wildman–Crippen LogP) is -0.575. The fourth-order valence-corrected chi connectivity index (χ4v) is 4.93. The molecule has 0 bridgehead atoms. The molecule has 3 aliphatic rings. The Labute approximate surface area is 220 Å². The number of aliphatic hydroxyl groups excluding tert-OH is 3. The van der Waals surface area contributed by atoms with Crippen LogP contribution in [0.1, 0.15) is 19.8 Å². The molecular weight excluding hydrogens is 503 g/mol. The van der Waals surface area contributed by atoms with Crippen molar-refractivity contribution in [2.24, 2.45) is 5.73 Å². The number of nitrogens with zero attached hydrogens (tertiary/aromatic N) is 3. The van der Waals surface area contributed by atoms with E-state index in [-0.39, 0.29) is 25.0 Å². The third-order valence-corrected chi connectivity index (χ3v) is 7.27. The highest BCUT2D eigenvalue weighted by Crippen LogP contribution is 2.29. The fraction of sp³-hybridized carbons (Fsp3) is 0.680. The van der Waals surface area contributed by atoms with Crippen LogP contribution in [-0.2, 0) is 19.0 Å². The second-order valence-electron chi connectivity index (χ2n) is 9.98. The highest BCUT2D eigenvalue weighted by Gasteiger charge is 2.43. The smallest absolute Gasteiger partial charge is 0.414 e. The molecule has 0 aromatic heterocycles. The molecule has 13 heteroatoms. The Morgan fingerprint density at radius 2 is 1.95 bits per heavy atom. The molecule has 1 aromatic carbocycles. The van der Waals surface area contributed by atoms with Gasteiger partial charge in [0.05, 0.1) is 37.2 Å². The first kappa shape index (κ1) is 28.6. The first-order chi connectivity index (χ1) is 18.2. The molecule has 1 aromatic rings. The van der Waals surface area contributed by atoms with Gasteiger partial charge in [0, 0.05) is 39.1 Å². The summed E-state index contributed by atoms with van der Waals surface area (Å²) in [5.41, 5.74) is 6.77. The average Bonchev–Trinajstić information content (AvgIpc) is 3.28. The Kier molecular flexibility index (Phi) is 9.52. The summed E-state index contributed by atoms with van der Waals surface area (Å²) in [7, 11) is 0. The van der Waals surface area contributed by atoms with Crippen LogP contribution < -0.4 is 15.5 Å². The van der Waals surface area contributed by atoms with Gasteiger partial charge in [-0.2, -0.15) is 0 Å². The average molecular weight is 541 g/mol. The summed E-state index contributed by atoms with van der Waals surface area (Å²) in [6, 6.07) is 3.76. The van der Waals surface area contributed by atoms with Crippen LogP contribution in [0, 0.1) is 5.82 Å². The van der Waals surface area contributed by atoms with Crippen LogP contribution in [0.25, 0.3) is 0 Å². The summed E-state index contributed by atoms with van der Waals surface area (Å²) < 4.78 is 31.5. The molecule has 212 valence electrons. The lowest BCUT2D eigenvalue weighted by Crippen LogP contribution is -2.62. The molecule has 3 aliphatic heterocycles. The number of piperazine rings is 1. The summed E-state index contributed by atoms with van der Waals surface area (Å²) in [6.45, 7) is 4.64. The first-order valence-corrected chi connectivity index (χ1v) is 12.9. The number of carbonyl (C=O) groups is 2. The van der Waals surface area contributed by atoms with Gasteiger partial charge in [-0.15, -0.1) is 0 Å². The van der Waals surface area contributed by atoms with Crippen LogP contribution in [0.2, 0.25) is 0 Å². The molecule has 5 unspecified atom stereocenters. The van der Waals surface area contributed by atoms with E-state index in [1.807, 2.05) is 4.90 Å². The van der Waals surface area contributed by atoms with Gasteiger partial charge in [-0.25, -0.2) is 9.18 Å². The molecule has 6 atom stereocenters. The third-order valence-electron chi connectivity index (χ3n) is 7.27. The number of halogens is 1. The second-order valence-corrected chi connectivity index (χ2v) is 9.98. The number of aliphatic hydroxyl groups is 3. The molecule has 3 heterocycles. The number of ketones is 1. The Morgan fingerprint density at radius 1 is 1.21 bits per heavy atom. The molecule has 12 nitrogen and oxygen atoms in total. The molecule has 38 heavy (non-hydrogen) atoms. The molecule has 3 fully saturated rings. The normalized spacial score (nSPS) is 30.5. The number of benzene rings is 1. The molecule has 0 saturated carbocycles. The number of carbonyl (C=O) groups excluding carboxylic acids is 2. The molecule has 0 aliphatic carbocycles. The highest BCUT2D eigenvalue weighted by atomic mass is 19.1. The van der Waals surface area contributed by atoms with Crippen LogP contribution in [0.15, 0.2) is 18.2 Å². The minimum Gasteiger partial charge on any atom is -0.444 e. The van der Waals surface area contributed by atoms with Gasteiger partial charge in [-0.3, -0.25) is 9.80 Å². The van der Waals surface area contributed by atoms with E-state index in [9.17, 15) is 24.9 Å². The molecular formula is C25H37FN4O8. The summed E-state index contributed by atoms with van der Waals surface area (Å²) in [6.07, 6.45) is -4.62. The number of rotatable bonds is 10. The van der Waals surface area contributed by atoms with Crippen LogP contribution in [0.4, 0.5) is 20.6 Å². The van der Waals surface area contributed by atoms with E-state index in [1.54, 1.807) is 12.1 Å². The van der Waals surface area contributed by atoms with Gasteiger partial charge in [0.15, 0.2) is 6.29 Å². The monoisotopic (exact) mass is 540 g/mol. The number of anilines is 2. The number of hydrogen-bond acceptors (Lipinski definition) is 11. The van der Waals surface area contributed by atoms with Crippen molar-refractivity contribution in [3.63, 3.8) is 0 Å². The van der Waals surface area contributed by atoms with Crippen molar-refractivity contribution in [1.82, 2.24) is 4.90 Å². The predicted molar refractivity (Wildman–Crippen MR) is 134 cm³/mol. The molecule has 3 saturated heterocycles. The van der Waals surface area contributed by atoms with E-state index in [1.165, 1.54) is 17.9 Å². The minimum atomic E-state index is -1.28. The second kappa shape index (κ2) is 12.6. The maximum Gasteiger partial charge on any atom is 0.414 e. The van der Waals surface area contributed by atoms with Crippen molar-refractivity contribution in [3.8, 4) is 0 Å². The number of ether oxygens (including phenoxy) is 3. The SMILES string of the molecule is CC(=O)CC[C@H]1CN(c2ccc(N3CCN(CCOC4OC(CO)C(O)C(O)C4N)CC3)c(F)c2)C(=O)O1. The summed E-state index contributed by atoms with van der Waals surface area (Å²) in [5, 5.41) is 29.2. The van der Waals surface area contributed by atoms with Gasteiger partial charge < -0.3 is 45.0 Å². The largest absolute Gasteiger partial charge is 0.444 e. The minimum absolute atomic E-state index is 0.0294. The number of nitrogens with two attached hydrogens (primary N) is 1. The van der Waals surface area contributed by atoms with E-state index < -0.39 is 49.2 Å². The van der Waals surface area contributed by atoms with E-state index in [2.05, 4.69) is 4.90 Å². The van der Waals surface area contributed by atoms with Crippen LogP contribution in [0.3, 0.4) is 0 Å². The zero-order valence-corrected chi connectivity index (χ0v) is 21.4. The van der Waals surface area contributed by atoms with Gasteiger partial charge >= 0.3 is 6.09 Å². The molecule has 1 amide bonds. The lowest BCUT2D eigenvalue weighted by Gasteiger charge is -2.41. The van der Waals surface area contributed by atoms with E-state index in [4.69, 9.17) is 19.9 Å². The lowest BCUT2D eigenvalue weighted by atomic mass is 9.98. The molecule has 0 radical (unpaired) electrons. The Hall–Kier alpha value is -2.39. The maximum absolute atomic E-state index is 15.0. The summed E-state index contributed by atoms with van der Waals surface area (Å²) >= 11 is 0. The van der Waals surface area contributed by atoms with E-state index in [0.29, 0.717) is 56.9 Å². The number of Topliss-reactive ketones (excluding diaryl/α,β-unsaturated/α-hetero) is 1. The lowest BCUT2D eigenvalue weighted by molar-refractivity contribution is -0.266. The van der Waals surface area contributed by atoms with Crippen molar-refractivity contribution < 1.29 is 43.5 Å². The molecule has 5 N–H and O–H groups in total.